The number of nitrogens with two attached hydrogens (primary N) is 1. The van der Waals surface area contributed by atoms with E-state index in [0.717, 1.165) is 34.3 Å². The molecule has 6 heteroatoms. The first kappa shape index (κ1) is 18.3. The summed E-state index contributed by atoms with van der Waals surface area (Å²) in [5.74, 6) is 0. The molecule has 0 fully saturated rings. The summed E-state index contributed by atoms with van der Waals surface area (Å²) in [6.07, 6.45) is 2.78. The highest BCUT2D eigenvalue weighted by Crippen LogP contribution is 2.23. The van der Waals surface area contributed by atoms with Gasteiger partial charge in [-0.25, -0.2) is 4.79 Å². The predicted molar refractivity (Wildman–Crippen MR) is 117 cm³/mol. The van der Waals surface area contributed by atoms with Gasteiger partial charge in [-0.2, -0.15) is 0 Å². The Kier molecular flexibility index (Phi) is 5.14. The van der Waals surface area contributed by atoms with Crippen LogP contribution in [0.1, 0.15) is 16.5 Å². The van der Waals surface area contributed by atoms with Crippen molar-refractivity contribution < 1.29 is 4.79 Å². The quantitative estimate of drug-likeness (QED) is 0.442. The van der Waals surface area contributed by atoms with E-state index in [-0.39, 0.29) is 12.1 Å². The Morgan fingerprint density at radius 1 is 1.07 bits per heavy atom. The summed E-state index contributed by atoms with van der Waals surface area (Å²) in [7, 11) is 2.00. The zero-order valence-electron chi connectivity index (χ0n) is 15.6. The monoisotopic (exact) mass is 390 g/mol. The van der Waals surface area contributed by atoms with Crippen LogP contribution in [0.5, 0.6) is 0 Å². The number of aromatic nitrogens is 1. The van der Waals surface area contributed by atoms with Crippen molar-refractivity contribution >= 4 is 39.6 Å². The van der Waals surface area contributed by atoms with E-state index in [1.807, 2.05) is 72.4 Å². The number of carbonyl (C=O) groups excluding carboxylic acids is 1. The highest BCUT2D eigenvalue weighted by Gasteiger charge is 2.10. The minimum atomic E-state index is -0.278. The lowest BCUT2D eigenvalue weighted by Gasteiger charge is -2.13. The van der Waals surface area contributed by atoms with Crippen LogP contribution in [0.25, 0.3) is 10.9 Å². The van der Waals surface area contributed by atoms with Gasteiger partial charge in [-0.15, -0.1) is 11.3 Å². The fraction of sp³-hybridized carbons (Fsp3) is 0.136. The molecule has 2 amide bonds. The molecule has 0 aliphatic heterocycles. The third kappa shape index (κ3) is 4.08. The normalized spacial score (nSPS) is 12.1. The molecule has 0 radical (unpaired) electrons. The van der Waals surface area contributed by atoms with Gasteiger partial charge in [-0.1, -0.05) is 18.2 Å². The van der Waals surface area contributed by atoms with E-state index < -0.39 is 0 Å². The van der Waals surface area contributed by atoms with E-state index in [4.69, 9.17) is 5.73 Å². The SMILES string of the molecule is Cn1ccc2cc(NC(=O)Nc3cccc(C(N)Cc4cccs4)c3)ccc21. The molecule has 0 saturated carbocycles. The standard InChI is InChI=1S/C22H22N4OS/c1-26-10-9-16-13-18(7-8-21(16)26)25-22(27)24-17-5-2-4-15(12-17)20(23)14-19-6-3-11-28-19/h2-13,20H,14,23H2,1H3,(H2,24,25,27). The lowest BCUT2D eigenvalue weighted by atomic mass is 10.0. The summed E-state index contributed by atoms with van der Waals surface area (Å²) < 4.78 is 2.05. The van der Waals surface area contributed by atoms with Crippen LogP contribution >= 0.6 is 11.3 Å². The predicted octanol–water partition coefficient (Wildman–Crippen LogP) is 5.13. The van der Waals surface area contributed by atoms with Gasteiger partial charge in [0.15, 0.2) is 0 Å². The number of urea groups is 1. The maximum atomic E-state index is 12.4. The summed E-state index contributed by atoms with van der Waals surface area (Å²) in [6, 6.07) is 19.3. The molecule has 4 rings (SSSR count). The average Bonchev–Trinajstić information content (AvgIpc) is 3.32. The number of carbonyl (C=O) groups is 1. The number of hydrogen-bond donors (Lipinski definition) is 3. The van der Waals surface area contributed by atoms with Crippen molar-refractivity contribution in [3.63, 3.8) is 0 Å². The fourth-order valence-corrected chi connectivity index (χ4v) is 4.03. The molecule has 2 heterocycles. The fourth-order valence-electron chi connectivity index (χ4n) is 3.26. The maximum absolute atomic E-state index is 12.4. The zero-order chi connectivity index (χ0) is 19.5. The minimum absolute atomic E-state index is 0.107. The van der Waals surface area contributed by atoms with Gasteiger partial charge in [0.25, 0.3) is 0 Å². The Morgan fingerprint density at radius 3 is 2.68 bits per heavy atom. The molecule has 2 aromatic carbocycles. The van der Waals surface area contributed by atoms with Crippen molar-refractivity contribution in [2.45, 2.75) is 12.5 Å². The first-order valence-electron chi connectivity index (χ1n) is 9.09. The van der Waals surface area contributed by atoms with Crippen LogP contribution in [0.15, 0.2) is 72.2 Å². The molecule has 0 spiro atoms. The summed E-state index contributed by atoms with van der Waals surface area (Å²) in [5.41, 5.74) is 9.93. The van der Waals surface area contributed by atoms with Crippen LogP contribution in [-0.2, 0) is 13.5 Å². The number of aryl methyl sites for hydroxylation is 1. The van der Waals surface area contributed by atoms with Gasteiger partial charge in [0, 0.05) is 52.9 Å². The molecule has 0 bridgehead atoms. The van der Waals surface area contributed by atoms with Crippen molar-refractivity contribution in [1.29, 1.82) is 0 Å². The van der Waals surface area contributed by atoms with Gasteiger partial charge in [0.05, 0.1) is 0 Å². The molecule has 2 aromatic heterocycles. The lowest BCUT2D eigenvalue weighted by Crippen LogP contribution is -2.20. The molecule has 142 valence electrons. The molecule has 5 nitrogen and oxygen atoms in total. The minimum Gasteiger partial charge on any atom is -0.351 e. The number of hydrogen-bond acceptors (Lipinski definition) is 3. The van der Waals surface area contributed by atoms with E-state index in [2.05, 4.69) is 22.1 Å². The second-order valence-corrected chi connectivity index (χ2v) is 7.83. The molecule has 0 aliphatic rings. The Hall–Kier alpha value is -3.09. The topological polar surface area (TPSA) is 72.1 Å². The second-order valence-electron chi connectivity index (χ2n) is 6.79. The number of nitrogens with one attached hydrogen (secondary N) is 2. The number of benzene rings is 2. The number of thiophene rings is 1. The molecule has 0 aliphatic carbocycles. The Bertz CT molecular complexity index is 1100. The van der Waals surface area contributed by atoms with E-state index in [0.29, 0.717) is 0 Å². The molecule has 4 N–H and O–H groups in total. The number of anilines is 2. The van der Waals surface area contributed by atoms with Crippen LogP contribution in [-0.4, -0.2) is 10.6 Å². The number of fused-ring (bicyclic) bond motifs is 1. The van der Waals surface area contributed by atoms with E-state index in [9.17, 15) is 4.79 Å². The first-order chi connectivity index (χ1) is 13.6. The van der Waals surface area contributed by atoms with Crippen molar-refractivity contribution in [2.24, 2.45) is 12.8 Å². The summed E-state index contributed by atoms with van der Waals surface area (Å²) in [4.78, 5) is 13.7. The first-order valence-corrected chi connectivity index (χ1v) is 9.97. The summed E-state index contributed by atoms with van der Waals surface area (Å²) in [6.45, 7) is 0. The summed E-state index contributed by atoms with van der Waals surface area (Å²) in [5, 5.41) is 8.92. The summed E-state index contributed by atoms with van der Waals surface area (Å²) >= 11 is 1.70. The van der Waals surface area contributed by atoms with Crippen LogP contribution in [0, 0.1) is 0 Å². The zero-order valence-corrected chi connectivity index (χ0v) is 16.4. The van der Waals surface area contributed by atoms with Gasteiger partial charge >= 0.3 is 6.03 Å². The molecular weight excluding hydrogens is 368 g/mol. The molecule has 1 unspecified atom stereocenters. The van der Waals surface area contributed by atoms with Gasteiger partial charge in [0.2, 0.25) is 0 Å². The van der Waals surface area contributed by atoms with Crippen molar-refractivity contribution in [3.05, 3.63) is 82.7 Å². The van der Waals surface area contributed by atoms with Crippen molar-refractivity contribution in [3.8, 4) is 0 Å². The number of amides is 2. The highest BCUT2D eigenvalue weighted by molar-refractivity contribution is 7.09. The highest BCUT2D eigenvalue weighted by atomic mass is 32.1. The lowest BCUT2D eigenvalue weighted by molar-refractivity contribution is 0.262. The second kappa shape index (κ2) is 7.88. The third-order valence-corrected chi connectivity index (χ3v) is 5.62. The average molecular weight is 391 g/mol. The molecular formula is C22H22N4OS. The Morgan fingerprint density at radius 2 is 1.89 bits per heavy atom. The van der Waals surface area contributed by atoms with Crippen molar-refractivity contribution in [2.75, 3.05) is 10.6 Å². The molecule has 0 saturated heterocycles. The molecule has 4 aromatic rings. The van der Waals surface area contributed by atoms with Crippen LogP contribution in [0.3, 0.4) is 0 Å². The van der Waals surface area contributed by atoms with Gasteiger partial charge in [-0.05, 0) is 53.4 Å². The van der Waals surface area contributed by atoms with Crippen LogP contribution in [0.2, 0.25) is 0 Å². The van der Waals surface area contributed by atoms with Crippen LogP contribution in [0.4, 0.5) is 16.2 Å². The van der Waals surface area contributed by atoms with E-state index in [1.165, 1.54) is 4.88 Å². The number of rotatable bonds is 5. The Balaban J connectivity index is 1.42. The van der Waals surface area contributed by atoms with Gasteiger partial charge in [0.1, 0.15) is 0 Å². The Labute approximate surface area is 167 Å². The van der Waals surface area contributed by atoms with Crippen molar-refractivity contribution in [1.82, 2.24) is 4.57 Å². The van der Waals surface area contributed by atoms with Gasteiger partial charge in [-0.3, -0.25) is 0 Å². The van der Waals surface area contributed by atoms with Crippen LogP contribution < -0.4 is 16.4 Å². The number of nitrogens with zero attached hydrogens (tertiary/aromatic N) is 1. The molecule has 28 heavy (non-hydrogen) atoms. The van der Waals surface area contributed by atoms with E-state index in [1.54, 1.807) is 11.3 Å². The molecule has 1 atom stereocenters. The van der Waals surface area contributed by atoms with E-state index >= 15 is 0 Å². The largest absolute Gasteiger partial charge is 0.351 e. The third-order valence-electron chi connectivity index (χ3n) is 4.72. The smallest absolute Gasteiger partial charge is 0.323 e. The maximum Gasteiger partial charge on any atom is 0.323 e. The van der Waals surface area contributed by atoms with Gasteiger partial charge < -0.3 is 20.9 Å².